The van der Waals surface area contributed by atoms with Crippen molar-refractivity contribution in [1.82, 2.24) is 5.32 Å². The summed E-state index contributed by atoms with van der Waals surface area (Å²) in [4.78, 5) is 61.8. The van der Waals surface area contributed by atoms with E-state index in [1.807, 2.05) is 0 Å². The summed E-state index contributed by atoms with van der Waals surface area (Å²) < 4.78 is 21.8. The molecule has 10 nitrogen and oxygen atoms in total. The van der Waals surface area contributed by atoms with Gasteiger partial charge in [0.2, 0.25) is 5.91 Å². The summed E-state index contributed by atoms with van der Waals surface area (Å²) >= 11 is 0. The number of esters is 4. The molecule has 4 saturated carbocycles. The van der Waals surface area contributed by atoms with Crippen molar-refractivity contribution >= 4 is 29.8 Å². The quantitative estimate of drug-likeness (QED) is 0.328. The van der Waals surface area contributed by atoms with Gasteiger partial charge >= 0.3 is 23.9 Å². The predicted octanol–water partition coefficient (Wildman–Crippen LogP) is -0.109. The zero-order valence-corrected chi connectivity index (χ0v) is 18.1. The fraction of sp³-hybridized carbons (Fsp3) is 0.696. The number of ether oxygens (including phenoxy) is 4. The summed E-state index contributed by atoms with van der Waals surface area (Å²) in [5, 5.41) is 2.97. The first kappa shape index (κ1) is 20.7. The molecule has 1 N–H and O–H groups in total. The number of carbonyl (C=O) groups excluding carboxylic acids is 5. The second-order valence-electron chi connectivity index (χ2n) is 10.3. The molecule has 6 fully saturated rings. The summed E-state index contributed by atoms with van der Waals surface area (Å²) in [6.07, 6.45) is 0.317. The van der Waals surface area contributed by atoms with Crippen LogP contribution in [-0.2, 0) is 42.9 Å². The third-order valence-electron chi connectivity index (χ3n) is 8.58. The Labute approximate surface area is 189 Å². The van der Waals surface area contributed by atoms with Crippen molar-refractivity contribution < 1.29 is 42.9 Å². The highest BCUT2D eigenvalue weighted by molar-refractivity contribution is 5.89. The van der Waals surface area contributed by atoms with Crippen LogP contribution in [0.15, 0.2) is 12.2 Å². The maximum atomic E-state index is 13.3. The topological polar surface area (TPSA) is 134 Å². The molecule has 0 aromatic rings. The molecule has 4 aliphatic carbocycles. The van der Waals surface area contributed by atoms with E-state index in [1.54, 1.807) is 0 Å². The molecule has 176 valence electrons. The van der Waals surface area contributed by atoms with Gasteiger partial charge in [0.1, 0.15) is 18.3 Å². The Hall–Kier alpha value is -2.91. The molecule has 33 heavy (non-hydrogen) atoms. The fourth-order valence-electron chi connectivity index (χ4n) is 7.36. The molecule has 6 rings (SSSR count). The van der Waals surface area contributed by atoms with Crippen LogP contribution in [0.25, 0.3) is 0 Å². The molecule has 6 aliphatic rings. The number of nitrogens with one attached hydrogen (secondary N) is 1. The predicted molar refractivity (Wildman–Crippen MR) is 106 cm³/mol. The van der Waals surface area contributed by atoms with Crippen LogP contribution >= 0.6 is 0 Å². The molecule has 11 unspecified atom stereocenters. The Balaban J connectivity index is 1.15. The average Bonchev–Trinajstić information content (AvgIpc) is 3.55. The Kier molecular flexibility index (Phi) is 4.41. The zero-order chi connectivity index (χ0) is 23.2. The lowest BCUT2D eigenvalue weighted by Gasteiger charge is -2.33. The Morgan fingerprint density at radius 1 is 1.06 bits per heavy atom. The van der Waals surface area contributed by atoms with Gasteiger partial charge in [0, 0.05) is 23.3 Å². The van der Waals surface area contributed by atoms with Crippen LogP contribution < -0.4 is 5.32 Å². The van der Waals surface area contributed by atoms with Gasteiger partial charge in [-0.2, -0.15) is 0 Å². The Morgan fingerprint density at radius 2 is 1.85 bits per heavy atom. The van der Waals surface area contributed by atoms with Gasteiger partial charge in [-0.25, -0.2) is 9.59 Å². The molecule has 0 aromatic carbocycles. The second-order valence-corrected chi connectivity index (χ2v) is 10.3. The van der Waals surface area contributed by atoms with Gasteiger partial charge in [0.25, 0.3) is 0 Å². The molecule has 0 radical (unpaired) electrons. The largest absolute Gasteiger partial charge is 0.460 e. The maximum Gasteiger partial charge on any atom is 0.344 e. The van der Waals surface area contributed by atoms with Crippen LogP contribution in [0.3, 0.4) is 0 Å². The van der Waals surface area contributed by atoms with Crippen molar-refractivity contribution in [3.63, 3.8) is 0 Å². The lowest BCUT2D eigenvalue weighted by atomic mass is 9.78. The van der Waals surface area contributed by atoms with Crippen LogP contribution in [0.1, 0.15) is 26.2 Å². The SMILES string of the molecule is C=C(C)C(=O)OCC(=O)OC1C2CC3C1OC(=O)C3C2C(=O)OC1C2CC3C(=O)NC1C3C2. The van der Waals surface area contributed by atoms with Crippen LogP contribution in [0.5, 0.6) is 0 Å². The third-order valence-corrected chi connectivity index (χ3v) is 8.58. The van der Waals surface area contributed by atoms with Crippen LogP contribution in [0.4, 0.5) is 0 Å². The number of fused-ring (bicyclic) bond motifs is 2. The number of amides is 1. The van der Waals surface area contributed by atoms with E-state index in [4.69, 9.17) is 18.9 Å². The van der Waals surface area contributed by atoms with E-state index in [0.29, 0.717) is 6.42 Å². The van der Waals surface area contributed by atoms with Crippen molar-refractivity contribution in [1.29, 1.82) is 0 Å². The third kappa shape index (κ3) is 2.88. The minimum Gasteiger partial charge on any atom is -0.460 e. The Morgan fingerprint density at radius 3 is 2.61 bits per heavy atom. The summed E-state index contributed by atoms with van der Waals surface area (Å²) in [5.74, 6) is -4.03. The number of hydrogen-bond acceptors (Lipinski definition) is 9. The standard InChI is InChI=1S/C23H25NO9/c1-7(2)21(27)30-6-13(25)31-18-11-5-12-15(23(29)33-19(12)18)14(11)22(28)32-17-8-3-9-10(4-8)20(26)24-16(9)17/h8-12,14-19H,1,3-6H2,2H3,(H,24,26). The van der Waals surface area contributed by atoms with Gasteiger partial charge in [0.05, 0.1) is 17.9 Å². The highest BCUT2D eigenvalue weighted by Gasteiger charge is 2.71. The van der Waals surface area contributed by atoms with Crippen molar-refractivity contribution in [3.8, 4) is 0 Å². The van der Waals surface area contributed by atoms with E-state index in [1.165, 1.54) is 6.92 Å². The van der Waals surface area contributed by atoms with Crippen molar-refractivity contribution in [2.45, 2.75) is 50.5 Å². The normalized spacial score (nSPS) is 45.1. The minimum absolute atomic E-state index is 0.0192. The molecule has 10 heteroatoms. The van der Waals surface area contributed by atoms with E-state index in [0.717, 1.165) is 12.8 Å². The Bertz CT molecular complexity index is 990. The summed E-state index contributed by atoms with van der Waals surface area (Å²) in [6.45, 7) is 4.32. The molecule has 0 aromatic heterocycles. The van der Waals surface area contributed by atoms with Gasteiger partial charge in [-0.05, 0) is 38.0 Å². The lowest BCUT2D eigenvalue weighted by molar-refractivity contribution is -0.173. The van der Waals surface area contributed by atoms with Gasteiger partial charge in [0.15, 0.2) is 6.61 Å². The molecule has 1 amide bonds. The lowest BCUT2D eigenvalue weighted by Crippen LogP contribution is -2.47. The van der Waals surface area contributed by atoms with Crippen LogP contribution in [0.2, 0.25) is 0 Å². The van der Waals surface area contributed by atoms with Crippen molar-refractivity contribution in [3.05, 3.63) is 12.2 Å². The highest BCUT2D eigenvalue weighted by Crippen LogP contribution is 2.60. The fourth-order valence-corrected chi connectivity index (χ4v) is 7.36. The van der Waals surface area contributed by atoms with E-state index >= 15 is 0 Å². The smallest absolute Gasteiger partial charge is 0.344 e. The molecule has 2 heterocycles. The first-order valence-electron chi connectivity index (χ1n) is 11.5. The van der Waals surface area contributed by atoms with Crippen molar-refractivity contribution in [2.75, 3.05) is 6.61 Å². The average molecular weight is 459 g/mol. The maximum absolute atomic E-state index is 13.3. The second kappa shape index (κ2) is 7.04. The van der Waals surface area contributed by atoms with Gasteiger partial charge in [-0.15, -0.1) is 0 Å². The molecule has 4 bridgehead atoms. The van der Waals surface area contributed by atoms with Crippen LogP contribution in [0, 0.1) is 41.4 Å². The van der Waals surface area contributed by atoms with Gasteiger partial charge < -0.3 is 24.3 Å². The monoisotopic (exact) mass is 459 g/mol. The van der Waals surface area contributed by atoms with Crippen LogP contribution in [-0.4, -0.2) is 60.7 Å². The van der Waals surface area contributed by atoms with E-state index in [9.17, 15) is 24.0 Å². The zero-order valence-electron chi connectivity index (χ0n) is 18.1. The van der Waals surface area contributed by atoms with E-state index in [2.05, 4.69) is 11.9 Å². The highest BCUT2D eigenvalue weighted by atomic mass is 16.6. The van der Waals surface area contributed by atoms with Gasteiger partial charge in [-0.3, -0.25) is 14.4 Å². The first-order chi connectivity index (χ1) is 15.7. The summed E-state index contributed by atoms with van der Waals surface area (Å²) in [5.41, 5.74) is 0.156. The molecule has 11 atom stereocenters. The molecule has 2 saturated heterocycles. The summed E-state index contributed by atoms with van der Waals surface area (Å²) in [6, 6.07) is -0.163. The van der Waals surface area contributed by atoms with Crippen molar-refractivity contribution in [2.24, 2.45) is 41.4 Å². The molecule has 0 spiro atoms. The first-order valence-corrected chi connectivity index (χ1v) is 11.5. The minimum atomic E-state index is -0.790. The molecular weight excluding hydrogens is 434 g/mol. The number of carbonyl (C=O) groups is 5. The number of rotatable bonds is 6. The van der Waals surface area contributed by atoms with E-state index in [-0.39, 0.29) is 47.3 Å². The molecule has 2 aliphatic heterocycles. The van der Waals surface area contributed by atoms with E-state index < -0.39 is 60.4 Å². The molecular formula is C23H25NO9. The summed E-state index contributed by atoms with van der Waals surface area (Å²) in [7, 11) is 0. The number of hydrogen-bond donors (Lipinski definition) is 1. The van der Waals surface area contributed by atoms with Gasteiger partial charge in [-0.1, -0.05) is 6.58 Å².